The van der Waals surface area contributed by atoms with Crippen molar-refractivity contribution < 1.29 is 0 Å². The molecule has 0 atom stereocenters. The van der Waals surface area contributed by atoms with Crippen LogP contribution in [0.15, 0.2) is 60.7 Å². The molecule has 0 fully saturated rings. The highest BCUT2D eigenvalue weighted by Gasteiger charge is 2.21. The fraction of sp³-hybridized carbons (Fsp3) is 0.273. The number of nitrogens with zero attached hydrogens (tertiary/aromatic N) is 3. The molecule has 3 aromatic rings. The van der Waals surface area contributed by atoms with Gasteiger partial charge in [0.25, 0.3) is 0 Å². The van der Waals surface area contributed by atoms with E-state index in [1.165, 1.54) is 11.3 Å². The maximum Gasteiger partial charge on any atom is 0.232 e. The Morgan fingerprint density at radius 1 is 0.962 bits per heavy atom. The molecule has 1 aromatic heterocycles. The first-order valence-electron chi connectivity index (χ1n) is 9.27. The van der Waals surface area contributed by atoms with Gasteiger partial charge in [0.15, 0.2) is 0 Å². The maximum atomic E-state index is 4.91. The maximum absolute atomic E-state index is 4.91. The van der Waals surface area contributed by atoms with E-state index in [-0.39, 0.29) is 0 Å². The Balaban J connectivity index is 1.81. The summed E-state index contributed by atoms with van der Waals surface area (Å²) in [6, 6.07) is 21.2. The number of para-hydroxylation sites is 1. The Kier molecular flexibility index (Phi) is 4.57. The van der Waals surface area contributed by atoms with Crippen LogP contribution in [0.3, 0.4) is 0 Å². The third-order valence-electron chi connectivity index (χ3n) is 4.57. The minimum Gasteiger partial charge on any atom is -0.368 e. The number of anilines is 3. The molecule has 0 saturated carbocycles. The minimum atomic E-state index is 0.315. The van der Waals surface area contributed by atoms with E-state index in [0.29, 0.717) is 6.04 Å². The standard InChI is InChI=1S/C22H24N4/c1-16(2)23-21-15-19(17-9-4-3-5-10-17)24-22(25-21)26-14-8-12-18-11-6-7-13-20(18)26/h3-7,9-11,13,15-16H,8,12,14H2,1-2H3,(H,23,24,25). The van der Waals surface area contributed by atoms with Gasteiger partial charge in [-0.05, 0) is 38.3 Å². The Morgan fingerprint density at radius 3 is 2.54 bits per heavy atom. The van der Waals surface area contributed by atoms with Crippen molar-refractivity contribution in [3.05, 3.63) is 66.2 Å². The largest absolute Gasteiger partial charge is 0.368 e. The van der Waals surface area contributed by atoms with Crippen molar-refractivity contribution in [3.8, 4) is 11.3 Å². The molecule has 2 aromatic carbocycles. The summed E-state index contributed by atoms with van der Waals surface area (Å²) in [5, 5.41) is 3.44. The zero-order valence-electron chi connectivity index (χ0n) is 15.3. The summed E-state index contributed by atoms with van der Waals surface area (Å²) in [5.74, 6) is 1.63. The van der Waals surface area contributed by atoms with Gasteiger partial charge < -0.3 is 10.2 Å². The number of hydrogen-bond acceptors (Lipinski definition) is 4. The van der Waals surface area contributed by atoms with E-state index < -0.39 is 0 Å². The molecule has 0 amide bonds. The second kappa shape index (κ2) is 7.16. The summed E-state index contributed by atoms with van der Waals surface area (Å²) in [6.45, 7) is 5.19. The molecule has 0 saturated heterocycles. The van der Waals surface area contributed by atoms with Gasteiger partial charge in [0, 0.05) is 29.9 Å². The molecule has 0 spiro atoms. The third kappa shape index (κ3) is 3.40. The molecule has 0 bridgehead atoms. The highest BCUT2D eigenvalue weighted by atomic mass is 15.3. The molecular weight excluding hydrogens is 320 g/mol. The molecule has 4 nitrogen and oxygen atoms in total. The van der Waals surface area contributed by atoms with Crippen LogP contribution in [-0.4, -0.2) is 22.6 Å². The van der Waals surface area contributed by atoms with Gasteiger partial charge in [0.1, 0.15) is 5.82 Å². The highest BCUT2D eigenvalue weighted by molar-refractivity contribution is 5.69. The van der Waals surface area contributed by atoms with Crippen molar-refractivity contribution in [3.63, 3.8) is 0 Å². The number of fused-ring (bicyclic) bond motifs is 1. The third-order valence-corrected chi connectivity index (χ3v) is 4.57. The van der Waals surface area contributed by atoms with Gasteiger partial charge >= 0.3 is 0 Å². The van der Waals surface area contributed by atoms with E-state index in [1.807, 2.05) is 24.3 Å². The van der Waals surface area contributed by atoms with Crippen LogP contribution in [0, 0.1) is 0 Å². The van der Waals surface area contributed by atoms with E-state index in [2.05, 4.69) is 60.5 Å². The molecule has 4 rings (SSSR count). The molecule has 0 radical (unpaired) electrons. The summed E-state index contributed by atoms with van der Waals surface area (Å²) in [7, 11) is 0. The molecule has 1 N–H and O–H groups in total. The Hall–Kier alpha value is -2.88. The van der Waals surface area contributed by atoms with E-state index in [1.54, 1.807) is 0 Å². The monoisotopic (exact) mass is 344 g/mol. The predicted molar refractivity (Wildman–Crippen MR) is 108 cm³/mol. The summed E-state index contributed by atoms with van der Waals surface area (Å²) in [4.78, 5) is 12.0. The predicted octanol–water partition coefficient (Wildman–Crippen LogP) is 5.05. The first-order chi connectivity index (χ1) is 12.7. The molecule has 132 valence electrons. The zero-order valence-corrected chi connectivity index (χ0v) is 15.3. The number of hydrogen-bond donors (Lipinski definition) is 1. The lowest BCUT2D eigenvalue weighted by Gasteiger charge is -2.30. The summed E-state index contributed by atoms with van der Waals surface area (Å²) < 4.78 is 0. The van der Waals surface area contributed by atoms with Crippen molar-refractivity contribution in [2.75, 3.05) is 16.8 Å². The first kappa shape index (κ1) is 16.6. The van der Waals surface area contributed by atoms with Gasteiger partial charge in [-0.25, -0.2) is 4.98 Å². The molecule has 26 heavy (non-hydrogen) atoms. The average Bonchev–Trinajstić information content (AvgIpc) is 2.67. The lowest BCUT2D eigenvalue weighted by molar-refractivity contribution is 0.750. The van der Waals surface area contributed by atoms with Crippen LogP contribution in [0.25, 0.3) is 11.3 Å². The van der Waals surface area contributed by atoms with Crippen molar-refractivity contribution in [2.24, 2.45) is 0 Å². The normalized spacial score (nSPS) is 13.6. The van der Waals surface area contributed by atoms with Crippen molar-refractivity contribution in [1.29, 1.82) is 0 Å². The number of rotatable bonds is 4. The van der Waals surface area contributed by atoms with Crippen molar-refractivity contribution >= 4 is 17.5 Å². The molecule has 1 aliphatic heterocycles. The fourth-order valence-corrected chi connectivity index (χ4v) is 3.42. The summed E-state index contributed by atoms with van der Waals surface area (Å²) >= 11 is 0. The number of nitrogens with one attached hydrogen (secondary N) is 1. The van der Waals surface area contributed by atoms with Gasteiger partial charge in [-0.2, -0.15) is 4.98 Å². The van der Waals surface area contributed by atoms with Crippen LogP contribution in [-0.2, 0) is 6.42 Å². The fourth-order valence-electron chi connectivity index (χ4n) is 3.42. The summed E-state index contributed by atoms with van der Waals surface area (Å²) in [5.41, 5.74) is 4.64. The SMILES string of the molecule is CC(C)Nc1cc(-c2ccccc2)nc(N2CCCc3ccccc32)n1. The smallest absolute Gasteiger partial charge is 0.232 e. The molecular formula is C22H24N4. The lowest BCUT2D eigenvalue weighted by Crippen LogP contribution is -2.26. The van der Waals surface area contributed by atoms with Gasteiger partial charge in [-0.15, -0.1) is 0 Å². The Labute approximate surface area is 154 Å². The van der Waals surface area contributed by atoms with Gasteiger partial charge in [-0.1, -0.05) is 48.5 Å². The molecule has 0 unspecified atom stereocenters. The minimum absolute atomic E-state index is 0.315. The number of aromatic nitrogens is 2. The topological polar surface area (TPSA) is 41.1 Å². The van der Waals surface area contributed by atoms with E-state index in [0.717, 1.165) is 42.4 Å². The second-order valence-corrected chi connectivity index (χ2v) is 6.99. The van der Waals surface area contributed by atoms with Crippen LogP contribution in [0.2, 0.25) is 0 Å². The first-order valence-corrected chi connectivity index (χ1v) is 9.27. The van der Waals surface area contributed by atoms with Gasteiger partial charge in [0.2, 0.25) is 5.95 Å². The Bertz CT molecular complexity index is 890. The van der Waals surface area contributed by atoms with E-state index in [4.69, 9.17) is 9.97 Å². The van der Waals surface area contributed by atoms with Crippen LogP contribution in [0.5, 0.6) is 0 Å². The highest BCUT2D eigenvalue weighted by Crippen LogP contribution is 2.33. The summed E-state index contributed by atoms with van der Waals surface area (Å²) in [6.07, 6.45) is 2.23. The van der Waals surface area contributed by atoms with Gasteiger partial charge in [0.05, 0.1) is 5.69 Å². The van der Waals surface area contributed by atoms with Gasteiger partial charge in [-0.3, -0.25) is 0 Å². The van der Waals surface area contributed by atoms with Crippen LogP contribution < -0.4 is 10.2 Å². The second-order valence-electron chi connectivity index (χ2n) is 6.99. The quantitative estimate of drug-likeness (QED) is 0.719. The molecule has 1 aliphatic rings. The molecule has 0 aliphatic carbocycles. The molecule has 2 heterocycles. The van der Waals surface area contributed by atoms with Crippen LogP contribution in [0.1, 0.15) is 25.8 Å². The van der Waals surface area contributed by atoms with Crippen molar-refractivity contribution in [2.45, 2.75) is 32.7 Å². The average molecular weight is 344 g/mol. The van der Waals surface area contributed by atoms with Crippen molar-refractivity contribution in [1.82, 2.24) is 9.97 Å². The molecule has 4 heteroatoms. The van der Waals surface area contributed by atoms with E-state index >= 15 is 0 Å². The van der Waals surface area contributed by atoms with E-state index in [9.17, 15) is 0 Å². The number of aryl methyl sites for hydroxylation is 1. The zero-order chi connectivity index (χ0) is 17.9. The lowest BCUT2D eigenvalue weighted by atomic mass is 10.0. The number of benzene rings is 2. The van der Waals surface area contributed by atoms with Crippen LogP contribution in [0.4, 0.5) is 17.5 Å². The Morgan fingerprint density at radius 2 is 1.73 bits per heavy atom. The van der Waals surface area contributed by atoms with Crippen LogP contribution >= 0.6 is 0 Å².